The Morgan fingerprint density at radius 1 is 1.15 bits per heavy atom. The summed E-state index contributed by atoms with van der Waals surface area (Å²) < 4.78 is 26.9. The van der Waals surface area contributed by atoms with E-state index in [1.54, 1.807) is 16.4 Å². The summed E-state index contributed by atoms with van der Waals surface area (Å²) in [6.45, 7) is 3.20. The van der Waals surface area contributed by atoms with Crippen molar-refractivity contribution >= 4 is 10.0 Å². The van der Waals surface area contributed by atoms with Gasteiger partial charge in [0.05, 0.1) is 4.90 Å². The quantitative estimate of drug-likeness (QED) is 0.892. The van der Waals surface area contributed by atoms with Gasteiger partial charge in [0, 0.05) is 19.1 Å². The Morgan fingerprint density at radius 2 is 1.95 bits per heavy atom. The summed E-state index contributed by atoms with van der Waals surface area (Å²) in [5.41, 5.74) is 0. The lowest BCUT2D eigenvalue weighted by atomic mass is 10.2. The number of hydrogen-bond donors (Lipinski definition) is 1. The van der Waals surface area contributed by atoms with E-state index in [1.165, 1.54) is 12.1 Å². The molecule has 0 radical (unpaired) electrons. The van der Waals surface area contributed by atoms with Crippen LogP contribution in [0.3, 0.4) is 0 Å². The zero-order chi connectivity index (χ0) is 14.2. The number of phenols is 1. The molecule has 2 fully saturated rings. The smallest absolute Gasteiger partial charge is 0.243 e. The van der Waals surface area contributed by atoms with Crippen LogP contribution in [0.25, 0.3) is 0 Å². The summed E-state index contributed by atoms with van der Waals surface area (Å²) in [6, 6.07) is 6.28. The number of fused-ring (bicyclic) bond motifs is 1. The van der Waals surface area contributed by atoms with Crippen LogP contribution in [0.1, 0.15) is 19.3 Å². The molecule has 1 aromatic rings. The molecule has 2 heterocycles. The number of hydrogen-bond acceptors (Lipinski definition) is 4. The van der Waals surface area contributed by atoms with Crippen molar-refractivity contribution in [3.63, 3.8) is 0 Å². The lowest BCUT2D eigenvalue weighted by molar-refractivity contribution is 0.257. The number of sulfonamides is 1. The Morgan fingerprint density at radius 3 is 2.75 bits per heavy atom. The average Bonchev–Trinajstić information content (AvgIpc) is 2.75. The molecule has 3 rings (SSSR count). The van der Waals surface area contributed by atoms with E-state index in [0.717, 1.165) is 32.4 Å². The highest BCUT2D eigenvalue weighted by Gasteiger charge is 2.34. The van der Waals surface area contributed by atoms with Gasteiger partial charge in [-0.3, -0.25) is 4.90 Å². The predicted molar refractivity (Wildman–Crippen MR) is 76.1 cm³/mol. The van der Waals surface area contributed by atoms with Gasteiger partial charge in [-0.1, -0.05) is 6.07 Å². The summed E-state index contributed by atoms with van der Waals surface area (Å²) in [5, 5.41) is 9.49. The normalized spacial score (nSPS) is 25.3. The summed E-state index contributed by atoms with van der Waals surface area (Å²) in [6.07, 6.45) is 3.10. The average molecular weight is 296 g/mol. The third-order valence-electron chi connectivity index (χ3n) is 4.22. The zero-order valence-electron chi connectivity index (χ0n) is 11.4. The molecule has 1 unspecified atom stereocenters. The topological polar surface area (TPSA) is 60.9 Å². The van der Waals surface area contributed by atoms with Crippen LogP contribution in [-0.2, 0) is 10.0 Å². The number of benzene rings is 1. The molecule has 1 atom stereocenters. The first-order valence-corrected chi connectivity index (χ1v) is 8.54. The first-order valence-electron chi connectivity index (χ1n) is 7.10. The van der Waals surface area contributed by atoms with E-state index in [9.17, 15) is 13.5 Å². The predicted octanol–water partition coefficient (Wildman–Crippen LogP) is 1.25. The molecule has 2 aliphatic rings. The van der Waals surface area contributed by atoms with Gasteiger partial charge >= 0.3 is 0 Å². The third kappa shape index (κ3) is 2.55. The molecule has 0 amide bonds. The summed E-state index contributed by atoms with van der Waals surface area (Å²) in [4.78, 5) is 2.58. The fourth-order valence-electron chi connectivity index (χ4n) is 3.18. The second-order valence-electron chi connectivity index (χ2n) is 5.55. The number of phenolic OH excluding ortho intramolecular Hbond substituents is 1. The maximum absolute atomic E-state index is 12.7. The van der Waals surface area contributed by atoms with E-state index in [2.05, 4.69) is 4.90 Å². The first kappa shape index (κ1) is 13.9. The highest BCUT2D eigenvalue weighted by molar-refractivity contribution is 7.89. The van der Waals surface area contributed by atoms with E-state index in [0.29, 0.717) is 19.1 Å². The molecular formula is C14H20N2O3S. The Labute approximate surface area is 119 Å². The van der Waals surface area contributed by atoms with Crippen molar-refractivity contribution in [2.75, 3.05) is 26.2 Å². The minimum atomic E-state index is -3.50. The number of rotatable bonds is 2. The fourth-order valence-corrected chi connectivity index (χ4v) is 4.74. The van der Waals surface area contributed by atoms with E-state index in [4.69, 9.17) is 0 Å². The van der Waals surface area contributed by atoms with Gasteiger partial charge in [-0.2, -0.15) is 4.31 Å². The second kappa shape index (κ2) is 5.35. The SMILES string of the molecule is O=S(=O)(c1cccc(O)c1)N1CCCN2CCCC2C1. The van der Waals surface area contributed by atoms with Crippen LogP contribution in [0, 0.1) is 0 Å². The molecule has 2 saturated heterocycles. The molecule has 0 saturated carbocycles. The minimum Gasteiger partial charge on any atom is -0.508 e. The molecule has 0 spiro atoms. The lowest BCUT2D eigenvalue weighted by Gasteiger charge is -2.25. The summed E-state index contributed by atoms with van der Waals surface area (Å²) in [7, 11) is -3.50. The molecule has 20 heavy (non-hydrogen) atoms. The van der Waals surface area contributed by atoms with Gasteiger partial charge in [-0.25, -0.2) is 8.42 Å². The van der Waals surface area contributed by atoms with Crippen molar-refractivity contribution in [2.24, 2.45) is 0 Å². The molecule has 110 valence electrons. The van der Waals surface area contributed by atoms with Crippen LogP contribution < -0.4 is 0 Å². The standard InChI is InChI=1S/C14H20N2O3S/c17-13-5-1-6-14(10-13)20(18,19)16-9-3-8-15-7-2-4-12(15)11-16/h1,5-6,10,12,17H,2-4,7-9,11H2. The van der Waals surface area contributed by atoms with E-state index in [-0.39, 0.29) is 10.6 Å². The van der Waals surface area contributed by atoms with Crippen LogP contribution in [0.2, 0.25) is 0 Å². The van der Waals surface area contributed by atoms with Crippen molar-refractivity contribution < 1.29 is 13.5 Å². The molecule has 2 aliphatic heterocycles. The Balaban J connectivity index is 1.87. The van der Waals surface area contributed by atoms with Crippen molar-refractivity contribution in [1.82, 2.24) is 9.21 Å². The van der Waals surface area contributed by atoms with Gasteiger partial charge in [0.25, 0.3) is 0 Å². The van der Waals surface area contributed by atoms with Crippen LogP contribution in [-0.4, -0.2) is 55.0 Å². The fraction of sp³-hybridized carbons (Fsp3) is 0.571. The zero-order valence-corrected chi connectivity index (χ0v) is 12.2. The molecular weight excluding hydrogens is 276 g/mol. The van der Waals surface area contributed by atoms with Crippen LogP contribution in [0.15, 0.2) is 29.2 Å². The summed E-state index contributed by atoms with van der Waals surface area (Å²) >= 11 is 0. The Bertz CT molecular complexity index is 588. The number of nitrogens with zero attached hydrogens (tertiary/aromatic N) is 2. The monoisotopic (exact) mass is 296 g/mol. The van der Waals surface area contributed by atoms with Gasteiger partial charge < -0.3 is 5.11 Å². The van der Waals surface area contributed by atoms with Crippen LogP contribution in [0.5, 0.6) is 5.75 Å². The highest BCUT2D eigenvalue weighted by Crippen LogP contribution is 2.26. The molecule has 1 aromatic carbocycles. The van der Waals surface area contributed by atoms with Gasteiger partial charge in [0.15, 0.2) is 0 Å². The lowest BCUT2D eigenvalue weighted by Crippen LogP contribution is -2.39. The molecule has 6 heteroatoms. The third-order valence-corrected chi connectivity index (χ3v) is 6.08. The Hall–Kier alpha value is -1.11. The Kier molecular flexibility index (Phi) is 3.70. The summed E-state index contributed by atoms with van der Waals surface area (Å²) in [5.74, 6) is -0.0108. The van der Waals surface area contributed by atoms with Gasteiger partial charge in [-0.15, -0.1) is 0 Å². The van der Waals surface area contributed by atoms with Crippen molar-refractivity contribution in [3.8, 4) is 5.75 Å². The molecule has 5 nitrogen and oxygen atoms in total. The largest absolute Gasteiger partial charge is 0.508 e. The molecule has 1 N–H and O–H groups in total. The first-order chi connectivity index (χ1) is 9.57. The van der Waals surface area contributed by atoms with E-state index < -0.39 is 10.0 Å². The molecule has 0 aliphatic carbocycles. The van der Waals surface area contributed by atoms with Gasteiger partial charge in [0.1, 0.15) is 5.75 Å². The van der Waals surface area contributed by atoms with E-state index in [1.807, 2.05) is 0 Å². The second-order valence-corrected chi connectivity index (χ2v) is 7.48. The molecule has 0 aromatic heterocycles. The van der Waals surface area contributed by atoms with Crippen molar-refractivity contribution in [1.29, 1.82) is 0 Å². The van der Waals surface area contributed by atoms with Crippen LogP contribution >= 0.6 is 0 Å². The van der Waals surface area contributed by atoms with Gasteiger partial charge in [-0.05, 0) is 50.6 Å². The minimum absolute atomic E-state index is 0.0108. The maximum Gasteiger partial charge on any atom is 0.243 e. The van der Waals surface area contributed by atoms with Crippen molar-refractivity contribution in [2.45, 2.75) is 30.2 Å². The molecule has 0 bridgehead atoms. The number of aromatic hydroxyl groups is 1. The van der Waals surface area contributed by atoms with Gasteiger partial charge in [0.2, 0.25) is 10.0 Å². The van der Waals surface area contributed by atoms with Crippen molar-refractivity contribution in [3.05, 3.63) is 24.3 Å². The maximum atomic E-state index is 12.7. The van der Waals surface area contributed by atoms with Crippen LogP contribution in [0.4, 0.5) is 0 Å². The van der Waals surface area contributed by atoms with E-state index >= 15 is 0 Å². The highest BCUT2D eigenvalue weighted by atomic mass is 32.2.